The first-order chi connectivity index (χ1) is 10.5. The maximum atomic E-state index is 11.6. The van der Waals surface area contributed by atoms with Crippen LogP contribution >= 0.6 is 0 Å². The molecule has 0 radical (unpaired) electrons. The molecule has 0 saturated carbocycles. The maximum Gasteiger partial charge on any atom is 0.303 e. The molecule has 22 heavy (non-hydrogen) atoms. The third-order valence-corrected chi connectivity index (χ3v) is 3.23. The number of ether oxygens (including phenoxy) is 1. The molecule has 1 aromatic rings. The van der Waals surface area contributed by atoms with Crippen molar-refractivity contribution in [2.75, 3.05) is 13.2 Å². The van der Waals surface area contributed by atoms with Gasteiger partial charge in [-0.15, -0.1) is 0 Å². The number of hydrogen-bond donors (Lipinski definition) is 2. The Labute approximate surface area is 131 Å². The number of hydrogen-bond acceptors (Lipinski definition) is 3. The van der Waals surface area contributed by atoms with Gasteiger partial charge in [0.15, 0.2) is 0 Å². The lowest BCUT2D eigenvalue weighted by Crippen LogP contribution is -2.29. The van der Waals surface area contributed by atoms with E-state index in [1.54, 1.807) is 0 Å². The number of carboxylic acid groups (broad SMARTS) is 1. The molecule has 1 unspecified atom stereocenters. The predicted molar refractivity (Wildman–Crippen MR) is 85.0 cm³/mol. The van der Waals surface area contributed by atoms with E-state index in [0.29, 0.717) is 19.6 Å². The Balaban J connectivity index is 2.06. The molecule has 0 aliphatic heterocycles. The average Bonchev–Trinajstić information content (AvgIpc) is 2.44. The minimum absolute atomic E-state index is 0.0344. The van der Waals surface area contributed by atoms with Gasteiger partial charge in [0.2, 0.25) is 5.91 Å². The van der Waals surface area contributed by atoms with Crippen LogP contribution in [-0.2, 0) is 9.59 Å². The zero-order valence-electron chi connectivity index (χ0n) is 13.3. The minimum atomic E-state index is -0.838. The number of aryl methyl sites for hydroxylation is 1. The SMILES string of the molecule is Cc1cccc(OCCCCC(=O)NCC(C)CC(=O)O)c1. The fourth-order valence-electron chi connectivity index (χ4n) is 2.03. The largest absolute Gasteiger partial charge is 0.494 e. The second kappa shape index (κ2) is 9.82. The van der Waals surface area contributed by atoms with Crippen LogP contribution in [0.2, 0.25) is 0 Å². The van der Waals surface area contributed by atoms with Crippen LogP contribution in [-0.4, -0.2) is 30.1 Å². The first-order valence-electron chi connectivity index (χ1n) is 7.65. The molecule has 0 heterocycles. The summed E-state index contributed by atoms with van der Waals surface area (Å²) in [5.74, 6) is -0.0686. The topological polar surface area (TPSA) is 75.6 Å². The molecule has 5 heteroatoms. The van der Waals surface area contributed by atoms with Gasteiger partial charge < -0.3 is 15.2 Å². The van der Waals surface area contributed by atoms with Gasteiger partial charge in [-0.1, -0.05) is 19.1 Å². The lowest BCUT2D eigenvalue weighted by molar-refractivity contribution is -0.138. The van der Waals surface area contributed by atoms with Gasteiger partial charge in [0.1, 0.15) is 5.75 Å². The summed E-state index contributed by atoms with van der Waals surface area (Å²) in [5, 5.41) is 11.4. The summed E-state index contributed by atoms with van der Waals surface area (Å²) < 4.78 is 5.61. The molecule has 0 aromatic heterocycles. The molecule has 5 nitrogen and oxygen atoms in total. The zero-order valence-corrected chi connectivity index (χ0v) is 13.3. The standard InChI is InChI=1S/C17H25NO4/c1-13-6-5-7-15(10-13)22-9-4-3-8-16(19)18-12-14(2)11-17(20)21/h5-7,10,14H,3-4,8-9,11-12H2,1-2H3,(H,18,19)(H,20,21). The molecule has 0 aliphatic carbocycles. The number of benzene rings is 1. The van der Waals surface area contributed by atoms with Crippen molar-refractivity contribution in [1.29, 1.82) is 0 Å². The number of rotatable bonds is 10. The van der Waals surface area contributed by atoms with Gasteiger partial charge in [0.25, 0.3) is 0 Å². The molecule has 0 aliphatic rings. The van der Waals surface area contributed by atoms with Crippen molar-refractivity contribution < 1.29 is 19.4 Å². The summed E-state index contributed by atoms with van der Waals surface area (Å²) in [6, 6.07) is 7.87. The zero-order chi connectivity index (χ0) is 16.4. The normalized spacial score (nSPS) is 11.7. The van der Waals surface area contributed by atoms with Crippen LogP contribution in [0.1, 0.15) is 38.2 Å². The van der Waals surface area contributed by atoms with Crippen LogP contribution < -0.4 is 10.1 Å². The van der Waals surface area contributed by atoms with E-state index < -0.39 is 5.97 Å². The van der Waals surface area contributed by atoms with Crippen LogP contribution in [0.4, 0.5) is 0 Å². The van der Waals surface area contributed by atoms with Crippen molar-refractivity contribution in [2.24, 2.45) is 5.92 Å². The Hall–Kier alpha value is -2.04. The van der Waals surface area contributed by atoms with Crippen molar-refractivity contribution in [3.05, 3.63) is 29.8 Å². The number of carboxylic acids is 1. The van der Waals surface area contributed by atoms with E-state index in [1.807, 2.05) is 38.1 Å². The van der Waals surface area contributed by atoms with Gasteiger partial charge in [-0.3, -0.25) is 9.59 Å². The summed E-state index contributed by atoms with van der Waals surface area (Å²) >= 11 is 0. The molecule has 1 aromatic carbocycles. The Morgan fingerprint density at radius 1 is 1.32 bits per heavy atom. The summed E-state index contributed by atoms with van der Waals surface area (Å²) in [6.07, 6.45) is 2.08. The van der Waals surface area contributed by atoms with E-state index in [-0.39, 0.29) is 18.2 Å². The summed E-state index contributed by atoms with van der Waals surface area (Å²) in [6.45, 7) is 4.82. The number of amides is 1. The highest BCUT2D eigenvalue weighted by Crippen LogP contribution is 2.12. The van der Waals surface area contributed by atoms with Crippen LogP contribution in [0.5, 0.6) is 5.75 Å². The molecule has 122 valence electrons. The monoisotopic (exact) mass is 307 g/mol. The second-order valence-electron chi connectivity index (χ2n) is 5.63. The fourth-order valence-corrected chi connectivity index (χ4v) is 2.03. The quantitative estimate of drug-likeness (QED) is 0.652. The van der Waals surface area contributed by atoms with E-state index in [2.05, 4.69) is 5.32 Å². The number of unbranched alkanes of at least 4 members (excludes halogenated alkanes) is 1. The van der Waals surface area contributed by atoms with E-state index in [1.165, 1.54) is 0 Å². The van der Waals surface area contributed by atoms with Crippen molar-refractivity contribution >= 4 is 11.9 Å². The minimum Gasteiger partial charge on any atom is -0.494 e. The Bertz CT molecular complexity index is 487. The first-order valence-corrected chi connectivity index (χ1v) is 7.65. The van der Waals surface area contributed by atoms with Crippen LogP contribution in [0.3, 0.4) is 0 Å². The van der Waals surface area contributed by atoms with Crippen molar-refractivity contribution in [3.63, 3.8) is 0 Å². The molecule has 0 saturated heterocycles. The molecular formula is C17H25NO4. The molecule has 2 N–H and O–H groups in total. The first kappa shape index (κ1) is 18.0. The molecule has 0 spiro atoms. The van der Waals surface area contributed by atoms with Crippen molar-refractivity contribution in [3.8, 4) is 5.75 Å². The molecule has 0 fully saturated rings. The number of nitrogens with one attached hydrogen (secondary N) is 1. The van der Waals surface area contributed by atoms with Gasteiger partial charge >= 0.3 is 5.97 Å². The van der Waals surface area contributed by atoms with E-state index in [0.717, 1.165) is 24.2 Å². The molecular weight excluding hydrogens is 282 g/mol. The summed E-state index contributed by atoms with van der Waals surface area (Å²) in [5.41, 5.74) is 1.16. The van der Waals surface area contributed by atoms with Crippen molar-refractivity contribution in [1.82, 2.24) is 5.32 Å². The third kappa shape index (κ3) is 8.29. The summed E-state index contributed by atoms with van der Waals surface area (Å²) in [4.78, 5) is 22.1. The van der Waals surface area contributed by atoms with Gasteiger partial charge in [0.05, 0.1) is 6.61 Å². The predicted octanol–water partition coefficient (Wildman–Crippen LogP) is 2.77. The maximum absolute atomic E-state index is 11.6. The number of carbonyl (C=O) groups excluding carboxylic acids is 1. The van der Waals surface area contributed by atoms with E-state index in [4.69, 9.17) is 9.84 Å². The van der Waals surface area contributed by atoms with E-state index in [9.17, 15) is 9.59 Å². The lowest BCUT2D eigenvalue weighted by Gasteiger charge is -2.10. The van der Waals surface area contributed by atoms with E-state index >= 15 is 0 Å². The van der Waals surface area contributed by atoms with Gasteiger partial charge in [-0.05, 0) is 43.4 Å². The second-order valence-corrected chi connectivity index (χ2v) is 5.63. The molecule has 1 amide bonds. The Kier molecular flexibility index (Phi) is 8.04. The average molecular weight is 307 g/mol. The third-order valence-electron chi connectivity index (χ3n) is 3.23. The highest BCUT2D eigenvalue weighted by atomic mass is 16.5. The highest BCUT2D eigenvalue weighted by molar-refractivity contribution is 5.75. The fraction of sp³-hybridized carbons (Fsp3) is 0.529. The smallest absolute Gasteiger partial charge is 0.303 e. The van der Waals surface area contributed by atoms with Crippen LogP contribution in [0.25, 0.3) is 0 Å². The highest BCUT2D eigenvalue weighted by Gasteiger charge is 2.09. The Morgan fingerprint density at radius 2 is 2.09 bits per heavy atom. The number of aliphatic carboxylic acids is 1. The number of carbonyl (C=O) groups is 2. The molecule has 1 atom stereocenters. The van der Waals surface area contributed by atoms with Gasteiger partial charge in [-0.25, -0.2) is 0 Å². The molecule has 0 bridgehead atoms. The van der Waals surface area contributed by atoms with Crippen LogP contribution in [0, 0.1) is 12.8 Å². The van der Waals surface area contributed by atoms with Crippen LogP contribution in [0.15, 0.2) is 24.3 Å². The lowest BCUT2D eigenvalue weighted by atomic mass is 10.1. The summed E-state index contributed by atoms with van der Waals surface area (Å²) in [7, 11) is 0. The van der Waals surface area contributed by atoms with Gasteiger partial charge in [0, 0.05) is 19.4 Å². The van der Waals surface area contributed by atoms with Crippen molar-refractivity contribution in [2.45, 2.75) is 39.5 Å². The molecule has 1 rings (SSSR count). The Morgan fingerprint density at radius 3 is 2.77 bits per heavy atom. The van der Waals surface area contributed by atoms with Gasteiger partial charge in [-0.2, -0.15) is 0 Å².